The zero-order valence-corrected chi connectivity index (χ0v) is 14.4. The van der Waals surface area contributed by atoms with Gasteiger partial charge in [0.25, 0.3) is 0 Å². The standard InChI is InChI=1S/C17H26N4O/c1-12(2)17(22)20(6)16-10-15(18-21(16)13(3)4)14-8-7-9-19(5)11-14/h7-10,12-13H,11H2,1-6H3. The predicted molar refractivity (Wildman–Crippen MR) is 90.6 cm³/mol. The van der Waals surface area contributed by atoms with Gasteiger partial charge in [-0.1, -0.05) is 19.9 Å². The minimum Gasteiger partial charge on any atom is -0.376 e. The number of carbonyl (C=O) groups is 1. The van der Waals surface area contributed by atoms with Crippen LogP contribution in [0.4, 0.5) is 5.82 Å². The van der Waals surface area contributed by atoms with Crippen LogP contribution in [-0.2, 0) is 4.79 Å². The van der Waals surface area contributed by atoms with Gasteiger partial charge in [0.1, 0.15) is 5.82 Å². The molecule has 1 aliphatic rings. The number of amides is 1. The summed E-state index contributed by atoms with van der Waals surface area (Å²) in [5.74, 6) is 0.914. The van der Waals surface area contributed by atoms with Gasteiger partial charge in [0.05, 0.1) is 5.69 Å². The molecule has 0 saturated carbocycles. The molecule has 2 rings (SSSR count). The van der Waals surface area contributed by atoms with Gasteiger partial charge in [0, 0.05) is 38.7 Å². The van der Waals surface area contributed by atoms with Crippen molar-refractivity contribution >= 4 is 17.3 Å². The van der Waals surface area contributed by atoms with E-state index in [1.165, 1.54) is 0 Å². The third-order valence-electron chi connectivity index (χ3n) is 3.76. The Labute approximate surface area is 132 Å². The lowest BCUT2D eigenvalue weighted by molar-refractivity contribution is -0.121. The van der Waals surface area contributed by atoms with Gasteiger partial charge in [-0.2, -0.15) is 5.10 Å². The summed E-state index contributed by atoms with van der Waals surface area (Å²) in [5, 5.41) is 4.72. The summed E-state index contributed by atoms with van der Waals surface area (Å²) in [4.78, 5) is 16.1. The van der Waals surface area contributed by atoms with Crippen molar-refractivity contribution in [2.24, 2.45) is 5.92 Å². The van der Waals surface area contributed by atoms with Gasteiger partial charge < -0.3 is 4.90 Å². The molecule has 1 aromatic rings. The molecule has 0 N–H and O–H groups in total. The van der Waals surface area contributed by atoms with Crippen molar-refractivity contribution in [1.29, 1.82) is 0 Å². The number of hydrogen-bond donors (Lipinski definition) is 0. The lowest BCUT2D eigenvalue weighted by Gasteiger charge is -2.21. The van der Waals surface area contributed by atoms with Crippen LogP contribution in [0.15, 0.2) is 24.4 Å². The summed E-state index contributed by atoms with van der Waals surface area (Å²) in [6, 6.07) is 2.21. The summed E-state index contributed by atoms with van der Waals surface area (Å²) in [7, 11) is 3.86. The van der Waals surface area contributed by atoms with E-state index < -0.39 is 0 Å². The van der Waals surface area contributed by atoms with Crippen molar-refractivity contribution in [3.63, 3.8) is 0 Å². The van der Waals surface area contributed by atoms with Gasteiger partial charge in [-0.3, -0.25) is 9.69 Å². The molecule has 0 saturated heterocycles. The fourth-order valence-electron chi connectivity index (χ4n) is 2.52. The van der Waals surface area contributed by atoms with Gasteiger partial charge in [-0.05, 0) is 31.7 Å². The lowest BCUT2D eigenvalue weighted by atomic mass is 10.1. The largest absolute Gasteiger partial charge is 0.376 e. The highest BCUT2D eigenvalue weighted by molar-refractivity contribution is 5.93. The van der Waals surface area contributed by atoms with Crippen molar-refractivity contribution in [3.8, 4) is 0 Å². The van der Waals surface area contributed by atoms with Crippen LogP contribution in [0.5, 0.6) is 0 Å². The monoisotopic (exact) mass is 302 g/mol. The first-order valence-electron chi connectivity index (χ1n) is 7.76. The summed E-state index contributed by atoms with van der Waals surface area (Å²) < 4.78 is 1.93. The van der Waals surface area contributed by atoms with E-state index in [-0.39, 0.29) is 17.9 Å². The first-order chi connectivity index (χ1) is 10.3. The summed E-state index contributed by atoms with van der Waals surface area (Å²) in [5.41, 5.74) is 2.10. The fourth-order valence-corrected chi connectivity index (χ4v) is 2.52. The molecule has 2 heterocycles. The molecule has 0 aromatic carbocycles. The van der Waals surface area contributed by atoms with Crippen molar-refractivity contribution in [2.75, 3.05) is 25.5 Å². The molecule has 0 fully saturated rings. The molecule has 5 nitrogen and oxygen atoms in total. The normalized spacial score (nSPS) is 14.7. The van der Waals surface area contributed by atoms with E-state index in [2.05, 4.69) is 24.8 Å². The van der Waals surface area contributed by atoms with Gasteiger partial charge >= 0.3 is 0 Å². The van der Waals surface area contributed by atoms with E-state index in [0.717, 1.165) is 23.6 Å². The van der Waals surface area contributed by atoms with Crippen LogP contribution >= 0.6 is 0 Å². The smallest absolute Gasteiger partial charge is 0.230 e. The van der Waals surface area contributed by atoms with Crippen molar-refractivity contribution in [3.05, 3.63) is 30.1 Å². The first kappa shape index (κ1) is 16.3. The number of aromatic nitrogens is 2. The molecule has 0 aliphatic carbocycles. The summed E-state index contributed by atoms with van der Waals surface area (Å²) in [6.07, 6.45) is 6.15. The fraction of sp³-hybridized carbons (Fsp3) is 0.529. The van der Waals surface area contributed by atoms with E-state index in [1.807, 2.05) is 51.0 Å². The maximum atomic E-state index is 12.3. The highest BCUT2D eigenvalue weighted by Crippen LogP contribution is 2.26. The molecule has 0 radical (unpaired) electrons. The van der Waals surface area contributed by atoms with Crippen LogP contribution in [0, 0.1) is 5.92 Å². The predicted octanol–water partition coefficient (Wildman–Crippen LogP) is 2.93. The Morgan fingerprint density at radius 1 is 1.32 bits per heavy atom. The maximum Gasteiger partial charge on any atom is 0.230 e. The molecule has 0 spiro atoms. The van der Waals surface area contributed by atoms with Gasteiger partial charge in [0.2, 0.25) is 5.91 Å². The van der Waals surface area contributed by atoms with Crippen LogP contribution in [0.1, 0.15) is 39.4 Å². The molecule has 22 heavy (non-hydrogen) atoms. The second-order valence-corrected chi connectivity index (χ2v) is 6.43. The van der Waals surface area contributed by atoms with E-state index in [1.54, 1.807) is 4.90 Å². The Morgan fingerprint density at radius 3 is 2.55 bits per heavy atom. The minimum absolute atomic E-state index is 0.0353. The maximum absolute atomic E-state index is 12.3. The van der Waals surface area contributed by atoms with Crippen LogP contribution < -0.4 is 4.90 Å². The second kappa shape index (κ2) is 6.38. The molecular formula is C17H26N4O. The zero-order chi connectivity index (χ0) is 16.4. The average molecular weight is 302 g/mol. The van der Waals surface area contributed by atoms with Gasteiger partial charge in [-0.15, -0.1) is 0 Å². The molecule has 1 aliphatic heterocycles. The Kier molecular flexibility index (Phi) is 4.74. The first-order valence-corrected chi connectivity index (χ1v) is 7.76. The zero-order valence-electron chi connectivity index (χ0n) is 14.4. The number of hydrogen-bond acceptors (Lipinski definition) is 3. The Morgan fingerprint density at radius 2 is 2.00 bits per heavy atom. The topological polar surface area (TPSA) is 41.4 Å². The number of anilines is 1. The van der Waals surface area contributed by atoms with Crippen molar-refractivity contribution in [1.82, 2.24) is 14.7 Å². The Hall–Kier alpha value is -2.04. The molecule has 1 aromatic heterocycles. The molecule has 0 atom stereocenters. The Bertz CT molecular complexity index is 610. The second-order valence-electron chi connectivity index (χ2n) is 6.43. The van der Waals surface area contributed by atoms with E-state index in [9.17, 15) is 4.79 Å². The quantitative estimate of drug-likeness (QED) is 0.858. The average Bonchev–Trinajstić information content (AvgIpc) is 2.91. The van der Waals surface area contributed by atoms with Crippen LogP contribution in [0.3, 0.4) is 0 Å². The summed E-state index contributed by atoms with van der Waals surface area (Å²) >= 11 is 0. The molecule has 120 valence electrons. The highest BCUT2D eigenvalue weighted by Gasteiger charge is 2.22. The van der Waals surface area contributed by atoms with Crippen LogP contribution in [-0.4, -0.2) is 41.2 Å². The number of nitrogens with zero attached hydrogens (tertiary/aromatic N) is 4. The Balaban J connectivity index is 2.40. The third-order valence-corrected chi connectivity index (χ3v) is 3.76. The molecule has 0 bridgehead atoms. The number of likely N-dealkylation sites (N-methyl/N-ethyl adjacent to an activating group) is 1. The molecule has 5 heteroatoms. The van der Waals surface area contributed by atoms with E-state index in [0.29, 0.717) is 0 Å². The number of allylic oxidation sites excluding steroid dienone is 2. The molecule has 0 unspecified atom stereocenters. The van der Waals surface area contributed by atoms with Gasteiger partial charge in [-0.25, -0.2) is 4.68 Å². The number of carbonyl (C=O) groups excluding carboxylic acids is 1. The van der Waals surface area contributed by atoms with E-state index >= 15 is 0 Å². The highest BCUT2D eigenvalue weighted by atomic mass is 16.2. The third kappa shape index (κ3) is 3.24. The molecular weight excluding hydrogens is 276 g/mol. The molecule has 1 amide bonds. The SMILES string of the molecule is CC(C)C(=O)N(C)c1cc(C2=CC=CN(C)C2)nn1C(C)C. The number of rotatable bonds is 4. The lowest BCUT2D eigenvalue weighted by Crippen LogP contribution is -2.32. The van der Waals surface area contributed by atoms with Crippen molar-refractivity contribution in [2.45, 2.75) is 33.7 Å². The van der Waals surface area contributed by atoms with Crippen LogP contribution in [0.2, 0.25) is 0 Å². The van der Waals surface area contributed by atoms with Gasteiger partial charge in [0.15, 0.2) is 0 Å². The summed E-state index contributed by atoms with van der Waals surface area (Å²) in [6.45, 7) is 8.82. The minimum atomic E-state index is -0.0353. The van der Waals surface area contributed by atoms with E-state index in [4.69, 9.17) is 5.10 Å². The van der Waals surface area contributed by atoms with Crippen LogP contribution in [0.25, 0.3) is 5.57 Å². The van der Waals surface area contributed by atoms with Crippen molar-refractivity contribution < 1.29 is 4.79 Å².